The normalized spacial score (nSPS) is 18.1. The van der Waals surface area contributed by atoms with Crippen LogP contribution in [-0.4, -0.2) is 80.5 Å². The third kappa shape index (κ3) is 6.24. The number of nitrogens with zero attached hydrogens (tertiary/aromatic N) is 4. The fraction of sp³-hybridized carbons (Fsp3) is 0.355. The van der Waals surface area contributed by atoms with Gasteiger partial charge >= 0.3 is 0 Å². The molecule has 2 aliphatic heterocycles. The number of rotatable bonds is 9. The quantitative estimate of drug-likeness (QED) is 0.415. The van der Waals surface area contributed by atoms with E-state index in [1.54, 1.807) is 26.3 Å². The SMILES string of the molecule is COc1ccc([C@H]2CC(c3ccc(OC)cc3OC)=NN2C(=O)CN2CCN(Cc3ccccc3)CC2)cc1. The third-order valence-corrected chi connectivity index (χ3v) is 7.46. The molecule has 0 spiro atoms. The first kappa shape index (κ1) is 26.7. The van der Waals surface area contributed by atoms with Crippen molar-refractivity contribution in [3.8, 4) is 17.2 Å². The Hall–Kier alpha value is -3.88. The Bertz CT molecular complexity index is 1290. The van der Waals surface area contributed by atoms with E-state index in [0.29, 0.717) is 24.5 Å². The topological polar surface area (TPSA) is 66.8 Å². The van der Waals surface area contributed by atoms with Gasteiger partial charge in [0.05, 0.1) is 39.6 Å². The number of ether oxygens (including phenoxy) is 3. The Labute approximate surface area is 230 Å². The summed E-state index contributed by atoms with van der Waals surface area (Å²) in [6, 6.07) is 23.9. The van der Waals surface area contributed by atoms with E-state index in [-0.39, 0.29) is 11.9 Å². The zero-order valence-corrected chi connectivity index (χ0v) is 22.9. The van der Waals surface area contributed by atoms with Crippen molar-refractivity contribution in [1.29, 1.82) is 0 Å². The number of piperazine rings is 1. The van der Waals surface area contributed by atoms with Crippen LogP contribution < -0.4 is 14.2 Å². The van der Waals surface area contributed by atoms with Gasteiger partial charge in [-0.1, -0.05) is 42.5 Å². The summed E-state index contributed by atoms with van der Waals surface area (Å²) >= 11 is 0. The molecule has 1 atom stereocenters. The van der Waals surface area contributed by atoms with Gasteiger partial charge in [-0.05, 0) is 35.4 Å². The first-order chi connectivity index (χ1) is 19.1. The lowest BCUT2D eigenvalue weighted by atomic mass is 9.97. The van der Waals surface area contributed by atoms with Crippen LogP contribution in [0.3, 0.4) is 0 Å². The fourth-order valence-corrected chi connectivity index (χ4v) is 5.24. The molecule has 0 saturated carbocycles. The summed E-state index contributed by atoms with van der Waals surface area (Å²) in [5.74, 6) is 2.15. The Kier molecular flexibility index (Phi) is 8.44. The summed E-state index contributed by atoms with van der Waals surface area (Å²) in [4.78, 5) is 18.4. The van der Waals surface area contributed by atoms with Crippen molar-refractivity contribution in [1.82, 2.24) is 14.8 Å². The second-order valence-electron chi connectivity index (χ2n) is 9.88. The minimum atomic E-state index is -0.204. The highest BCUT2D eigenvalue weighted by molar-refractivity contribution is 6.05. The summed E-state index contributed by atoms with van der Waals surface area (Å²) in [5, 5.41) is 6.53. The van der Waals surface area contributed by atoms with Crippen molar-refractivity contribution in [2.75, 3.05) is 54.1 Å². The first-order valence-electron chi connectivity index (χ1n) is 13.3. The van der Waals surface area contributed by atoms with Crippen molar-refractivity contribution in [2.45, 2.75) is 19.0 Å². The number of hydrazone groups is 1. The van der Waals surface area contributed by atoms with Crippen LogP contribution in [-0.2, 0) is 11.3 Å². The highest BCUT2D eigenvalue weighted by Crippen LogP contribution is 2.36. The molecule has 0 unspecified atom stereocenters. The molecule has 2 aliphatic rings. The zero-order chi connectivity index (χ0) is 27.2. The van der Waals surface area contributed by atoms with Gasteiger partial charge in [0, 0.05) is 50.8 Å². The van der Waals surface area contributed by atoms with E-state index in [4.69, 9.17) is 19.3 Å². The number of amides is 1. The van der Waals surface area contributed by atoms with Gasteiger partial charge in [-0.2, -0.15) is 5.10 Å². The maximum atomic E-state index is 13.7. The smallest absolute Gasteiger partial charge is 0.257 e. The van der Waals surface area contributed by atoms with Gasteiger partial charge in [0.15, 0.2) is 0 Å². The van der Waals surface area contributed by atoms with Gasteiger partial charge in [0.2, 0.25) is 0 Å². The minimum absolute atomic E-state index is 0.00481. The van der Waals surface area contributed by atoms with Crippen molar-refractivity contribution in [3.05, 3.63) is 89.5 Å². The molecular weight excluding hydrogens is 492 g/mol. The molecule has 0 radical (unpaired) electrons. The molecule has 1 fully saturated rings. The number of benzene rings is 3. The Morgan fingerprint density at radius 1 is 0.821 bits per heavy atom. The molecule has 0 aliphatic carbocycles. The van der Waals surface area contributed by atoms with Crippen LogP contribution in [0.5, 0.6) is 17.2 Å². The van der Waals surface area contributed by atoms with Crippen molar-refractivity contribution in [2.24, 2.45) is 5.10 Å². The van der Waals surface area contributed by atoms with Crippen LogP contribution in [0.1, 0.15) is 29.2 Å². The number of methoxy groups -OCH3 is 3. The molecule has 3 aromatic rings. The molecular formula is C31H36N4O4. The van der Waals surface area contributed by atoms with Gasteiger partial charge in [-0.25, -0.2) is 5.01 Å². The molecule has 0 N–H and O–H groups in total. The lowest BCUT2D eigenvalue weighted by Crippen LogP contribution is -2.49. The standard InChI is InChI=1S/C31H36N4O4/c1-37-25-11-9-24(10-12-25)29-20-28(27-14-13-26(38-2)19-30(27)39-3)32-35(29)31(36)22-34-17-15-33(16-18-34)21-23-7-5-4-6-8-23/h4-14,19,29H,15-18,20-22H2,1-3H3/t29-/m1/s1. The van der Waals surface area contributed by atoms with Crippen LogP contribution in [0.25, 0.3) is 0 Å². The first-order valence-corrected chi connectivity index (χ1v) is 13.3. The Morgan fingerprint density at radius 3 is 2.15 bits per heavy atom. The molecule has 1 saturated heterocycles. The number of carbonyl (C=O) groups excluding carboxylic acids is 1. The molecule has 3 aromatic carbocycles. The lowest BCUT2D eigenvalue weighted by Gasteiger charge is -2.35. The van der Waals surface area contributed by atoms with E-state index in [1.165, 1.54) is 5.56 Å². The molecule has 8 nitrogen and oxygen atoms in total. The average molecular weight is 529 g/mol. The molecule has 2 heterocycles. The highest BCUT2D eigenvalue weighted by atomic mass is 16.5. The van der Waals surface area contributed by atoms with Crippen molar-refractivity contribution < 1.29 is 19.0 Å². The molecule has 8 heteroatoms. The van der Waals surface area contributed by atoms with Crippen molar-refractivity contribution >= 4 is 11.6 Å². The fourth-order valence-electron chi connectivity index (χ4n) is 5.24. The zero-order valence-electron chi connectivity index (χ0n) is 22.9. The Balaban J connectivity index is 1.31. The monoisotopic (exact) mass is 528 g/mol. The number of hydrogen-bond donors (Lipinski definition) is 0. The third-order valence-electron chi connectivity index (χ3n) is 7.46. The molecule has 1 amide bonds. The minimum Gasteiger partial charge on any atom is -0.497 e. The summed E-state index contributed by atoms with van der Waals surface area (Å²) in [6.07, 6.45) is 0.589. The van der Waals surface area contributed by atoms with E-state index in [0.717, 1.165) is 55.3 Å². The summed E-state index contributed by atoms with van der Waals surface area (Å²) in [6.45, 7) is 4.84. The highest BCUT2D eigenvalue weighted by Gasteiger charge is 2.35. The summed E-state index contributed by atoms with van der Waals surface area (Å²) in [5.41, 5.74) is 4.01. The molecule has 5 rings (SSSR count). The molecule has 0 aromatic heterocycles. The lowest BCUT2D eigenvalue weighted by molar-refractivity contribution is -0.134. The van der Waals surface area contributed by atoms with Gasteiger partial charge in [-0.3, -0.25) is 14.6 Å². The van der Waals surface area contributed by atoms with Crippen LogP contribution in [0, 0.1) is 0 Å². The van der Waals surface area contributed by atoms with Gasteiger partial charge < -0.3 is 14.2 Å². The van der Waals surface area contributed by atoms with Gasteiger partial charge in [-0.15, -0.1) is 0 Å². The number of carbonyl (C=O) groups is 1. The maximum absolute atomic E-state index is 13.7. The van der Waals surface area contributed by atoms with Gasteiger partial charge in [0.1, 0.15) is 17.2 Å². The van der Waals surface area contributed by atoms with Gasteiger partial charge in [0.25, 0.3) is 5.91 Å². The predicted octanol–water partition coefficient (Wildman–Crippen LogP) is 4.21. The van der Waals surface area contributed by atoms with Crippen LogP contribution >= 0.6 is 0 Å². The van der Waals surface area contributed by atoms with E-state index in [2.05, 4.69) is 34.1 Å². The average Bonchev–Trinajstić information content (AvgIpc) is 3.44. The van der Waals surface area contributed by atoms with E-state index in [9.17, 15) is 4.79 Å². The van der Waals surface area contributed by atoms with E-state index < -0.39 is 0 Å². The summed E-state index contributed by atoms with van der Waals surface area (Å²) < 4.78 is 16.4. The largest absolute Gasteiger partial charge is 0.497 e. The maximum Gasteiger partial charge on any atom is 0.257 e. The Morgan fingerprint density at radius 2 is 1.49 bits per heavy atom. The van der Waals surface area contributed by atoms with Crippen LogP contribution in [0.15, 0.2) is 77.9 Å². The summed E-state index contributed by atoms with van der Waals surface area (Å²) in [7, 11) is 4.91. The second-order valence-corrected chi connectivity index (χ2v) is 9.88. The van der Waals surface area contributed by atoms with E-state index in [1.807, 2.05) is 48.5 Å². The number of hydrogen-bond acceptors (Lipinski definition) is 7. The van der Waals surface area contributed by atoms with Crippen LogP contribution in [0.2, 0.25) is 0 Å². The molecule has 0 bridgehead atoms. The van der Waals surface area contributed by atoms with Crippen LogP contribution in [0.4, 0.5) is 0 Å². The second kappa shape index (κ2) is 12.3. The van der Waals surface area contributed by atoms with Crippen molar-refractivity contribution in [3.63, 3.8) is 0 Å². The molecule has 39 heavy (non-hydrogen) atoms. The predicted molar refractivity (Wildman–Crippen MR) is 151 cm³/mol. The van der Waals surface area contributed by atoms with E-state index >= 15 is 0 Å². The molecule has 204 valence electrons.